The minimum absolute atomic E-state index is 0. The molecule has 0 aromatic rings. The van der Waals surface area contributed by atoms with E-state index in [2.05, 4.69) is 59.0 Å². The number of allylic oxidation sites excluding steroid dienone is 8. The molecule has 2 aliphatic carbocycles. The van der Waals surface area contributed by atoms with Crippen molar-refractivity contribution in [2.75, 3.05) is 0 Å². The summed E-state index contributed by atoms with van der Waals surface area (Å²) in [5, 5.41) is 0. The summed E-state index contributed by atoms with van der Waals surface area (Å²) >= 11 is 1.74. The van der Waals surface area contributed by atoms with Crippen LogP contribution < -0.4 is 24.8 Å². The van der Waals surface area contributed by atoms with Crippen molar-refractivity contribution in [3.05, 3.63) is 47.1 Å². The molecule has 0 aromatic heterocycles. The first-order valence-electron chi connectivity index (χ1n) is 8.59. The second kappa shape index (κ2) is 18.4. The van der Waals surface area contributed by atoms with Crippen LogP contribution in [0.5, 0.6) is 0 Å². The first-order valence-corrected chi connectivity index (χ1v) is 14.8. The maximum absolute atomic E-state index is 3.63. The fourth-order valence-electron chi connectivity index (χ4n) is 2.69. The standard InChI is InChI=1S/C13H21.C5H5.C2H6Si.2ClH.Zr/c1-5-10-9-11(6-2)13(8-4)12(10)7-3;1-2-4-5-3-1;1-3-2;;;/h10H,5-8H2,1-4H3;1-3H,4H2;1-2H3;2*1H;/q2*-1;;;;+2/p-2. The van der Waals surface area contributed by atoms with Crippen molar-refractivity contribution in [1.29, 1.82) is 0 Å². The average molecular weight is 463 g/mol. The van der Waals surface area contributed by atoms with Gasteiger partial charge in [-0.15, -0.1) is 6.42 Å². The topological polar surface area (TPSA) is 0 Å². The number of hydrogen-bond donors (Lipinski definition) is 0. The van der Waals surface area contributed by atoms with E-state index in [4.69, 9.17) is 0 Å². The molecule has 0 spiro atoms. The van der Waals surface area contributed by atoms with E-state index in [9.17, 15) is 0 Å². The monoisotopic (exact) mass is 460 g/mol. The molecule has 2 aliphatic rings. The second-order valence-corrected chi connectivity index (χ2v) is 15.0. The van der Waals surface area contributed by atoms with Gasteiger partial charge in [-0.25, -0.2) is 17.7 Å². The maximum atomic E-state index is 3.63. The van der Waals surface area contributed by atoms with E-state index in [0.717, 1.165) is 12.8 Å². The van der Waals surface area contributed by atoms with E-state index in [1.807, 2.05) is 12.2 Å². The molecule has 0 nitrogen and oxygen atoms in total. The third kappa shape index (κ3) is 12.1. The Hall–Kier alpha value is 0.640. The van der Waals surface area contributed by atoms with Gasteiger partial charge < -0.3 is 24.8 Å². The van der Waals surface area contributed by atoms with E-state index in [1.54, 1.807) is 34.5 Å². The molecule has 0 saturated heterocycles. The van der Waals surface area contributed by atoms with Gasteiger partial charge in [0.15, 0.2) is 0 Å². The molecule has 2 rings (SSSR count). The van der Waals surface area contributed by atoms with Crippen LogP contribution in [-0.2, 0) is 23.3 Å². The van der Waals surface area contributed by atoms with Gasteiger partial charge in [0.1, 0.15) is 0 Å². The zero-order chi connectivity index (χ0) is 17.0. The molecular weight excluding hydrogens is 430 g/mol. The molecular formula is C20H32Cl2SiZr-2. The van der Waals surface area contributed by atoms with Crippen molar-refractivity contribution in [1.82, 2.24) is 0 Å². The summed E-state index contributed by atoms with van der Waals surface area (Å²) in [6, 6.07) is 0. The minimum Gasteiger partial charge on any atom is -1.00 e. The zero-order valence-corrected chi connectivity index (χ0v) is 21.1. The summed E-state index contributed by atoms with van der Waals surface area (Å²) in [5.41, 5.74) is 4.96. The summed E-state index contributed by atoms with van der Waals surface area (Å²) in [6.45, 7) is 13.7. The molecule has 0 saturated carbocycles. The van der Waals surface area contributed by atoms with Gasteiger partial charge in [0.25, 0.3) is 0 Å². The van der Waals surface area contributed by atoms with Gasteiger partial charge in [0.05, 0.1) is 0 Å². The normalized spacial score (nSPS) is 17.0. The average Bonchev–Trinajstić information content (AvgIpc) is 3.16. The summed E-state index contributed by atoms with van der Waals surface area (Å²) in [4.78, 5) is 0. The summed E-state index contributed by atoms with van der Waals surface area (Å²) < 4.78 is 0. The maximum Gasteiger partial charge on any atom is -0.109 e. The molecule has 0 heterocycles. The predicted molar refractivity (Wildman–Crippen MR) is 97.5 cm³/mol. The van der Waals surface area contributed by atoms with Crippen molar-refractivity contribution < 1.29 is 48.1 Å². The van der Waals surface area contributed by atoms with Crippen LogP contribution in [0.3, 0.4) is 0 Å². The smallest absolute Gasteiger partial charge is 0.109 e. The molecule has 136 valence electrons. The van der Waals surface area contributed by atoms with Gasteiger partial charge in [-0.05, 0) is 0 Å². The molecule has 24 heavy (non-hydrogen) atoms. The van der Waals surface area contributed by atoms with Crippen LogP contribution in [0.25, 0.3) is 0 Å². The van der Waals surface area contributed by atoms with Crippen LogP contribution in [0.15, 0.2) is 34.9 Å². The fourth-order valence-corrected chi connectivity index (χ4v) is 2.69. The Morgan fingerprint density at radius 1 is 1.08 bits per heavy atom. The molecule has 0 bridgehead atoms. The molecule has 0 aliphatic heterocycles. The van der Waals surface area contributed by atoms with E-state index in [-0.39, 0.29) is 30.2 Å². The molecule has 0 radical (unpaired) electrons. The van der Waals surface area contributed by atoms with Crippen LogP contribution in [0.4, 0.5) is 0 Å². The van der Waals surface area contributed by atoms with Crippen molar-refractivity contribution in [3.8, 4) is 0 Å². The van der Waals surface area contributed by atoms with Crippen LogP contribution in [0.2, 0.25) is 13.1 Å². The minimum atomic E-state index is 0. The third-order valence-electron chi connectivity index (χ3n) is 3.60. The molecule has 1 atom stereocenters. The SMILES string of the molecule is CCC1=[C-]C(CC)C(CC)=C1CC.C[Si](C)=[Zr+2].[C-]1=CC=CC1.[Cl-].[Cl-]. The summed E-state index contributed by atoms with van der Waals surface area (Å²) in [5.74, 6) is 0.634. The van der Waals surface area contributed by atoms with Crippen molar-refractivity contribution in [2.45, 2.75) is 72.9 Å². The van der Waals surface area contributed by atoms with Crippen LogP contribution >= 0.6 is 0 Å². The largest absolute Gasteiger partial charge is 1.00 e. The van der Waals surface area contributed by atoms with Gasteiger partial charge in [-0.1, -0.05) is 59.3 Å². The van der Waals surface area contributed by atoms with Gasteiger partial charge in [0.2, 0.25) is 0 Å². The van der Waals surface area contributed by atoms with Gasteiger partial charge in [-0.2, -0.15) is 17.2 Å². The van der Waals surface area contributed by atoms with Crippen molar-refractivity contribution in [3.63, 3.8) is 0 Å². The van der Waals surface area contributed by atoms with Gasteiger partial charge in [-0.3, -0.25) is 12.2 Å². The fraction of sp³-hybridized carbons (Fsp3) is 0.600. The predicted octanol–water partition coefficient (Wildman–Crippen LogP) is 0.380. The Bertz CT molecular complexity index is 448. The Kier molecular flexibility index (Phi) is 22.6. The summed E-state index contributed by atoms with van der Waals surface area (Å²) in [7, 11) is 0. The Morgan fingerprint density at radius 2 is 1.67 bits per heavy atom. The Morgan fingerprint density at radius 3 is 1.92 bits per heavy atom. The van der Waals surface area contributed by atoms with Crippen molar-refractivity contribution in [2.24, 2.45) is 5.92 Å². The molecule has 1 unspecified atom stereocenters. The molecule has 4 heteroatoms. The second-order valence-electron chi connectivity index (χ2n) is 5.65. The van der Waals surface area contributed by atoms with E-state index >= 15 is 0 Å². The third-order valence-corrected chi connectivity index (χ3v) is 3.60. The molecule has 0 amide bonds. The van der Waals surface area contributed by atoms with E-state index in [1.165, 1.54) is 24.8 Å². The van der Waals surface area contributed by atoms with Crippen LogP contribution in [-0.4, -0.2) is 5.43 Å². The molecule has 0 N–H and O–H groups in total. The van der Waals surface area contributed by atoms with E-state index in [0.29, 0.717) is 5.92 Å². The Labute approximate surface area is 178 Å². The molecule has 0 fully saturated rings. The molecule has 0 aromatic carbocycles. The van der Waals surface area contributed by atoms with Gasteiger partial charge >= 0.3 is 41.9 Å². The Balaban J connectivity index is -0.000000335. The first-order chi connectivity index (χ1) is 10.5. The van der Waals surface area contributed by atoms with Crippen LogP contribution in [0, 0.1) is 18.1 Å². The van der Waals surface area contributed by atoms with Crippen molar-refractivity contribution >= 4 is 5.43 Å². The van der Waals surface area contributed by atoms with Crippen LogP contribution in [0.1, 0.15) is 59.8 Å². The first kappa shape index (κ1) is 29.4. The quantitative estimate of drug-likeness (QED) is 0.419. The number of rotatable bonds is 4. The zero-order valence-electron chi connectivity index (χ0n) is 16.1. The number of hydrogen-bond acceptors (Lipinski definition) is 0. The van der Waals surface area contributed by atoms with Gasteiger partial charge in [0, 0.05) is 0 Å². The summed E-state index contributed by atoms with van der Waals surface area (Å²) in [6.07, 6.45) is 18.4. The number of halogens is 2. The van der Waals surface area contributed by atoms with E-state index < -0.39 is 0 Å².